The molecule has 0 aliphatic carbocycles. The Kier molecular flexibility index (Phi) is 2.37. The van der Waals surface area contributed by atoms with Gasteiger partial charge in [-0.25, -0.2) is 9.97 Å². The number of benzene rings is 1. The van der Waals surface area contributed by atoms with E-state index in [1.807, 2.05) is 18.2 Å². The molecule has 1 aromatic carbocycles. The third kappa shape index (κ3) is 1.70. The third-order valence-corrected chi connectivity index (χ3v) is 3.15. The first kappa shape index (κ1) is 10.4. The van der Waals surface area contributed by atoms with Crippen molar-refractivity contribution in [1.29, 1.82) is 0 Å². The highest BCUT2D eigenvalue weighted by Gasteiger charge is 2.15. The first-order valence-corrected chi connectivity index (χ1v) is 5.65. The third-order valence-electron chi connectivity index (χ3n) is 2.78. The normalized spacial score (nSPS) is 13.2. The Morgan fingerprint density at radius 2 is 2.18 bits per heavy atom. The molecule has 5 heteroatoms. The molecule has 0 radical (unpaired) electrons. The minimum Gasteiger partial charge on any atom is -0.493 e. The van der Waals surface area contributed by atoms with Crippen LogP contribution in [0.15, 0.2) is 24.5 Å². The molecule has 2 heterocycles. The number of halogens is 1. The summed E-state index contributed by atoms with van der Waals surface area (Å²) in [4.78, 5) is 8.02. The van der Waals surface area contributed by atoms with Gasteiger partial charge in [0.1, 0.15) is 22.9 Å². The van der Waals surface area contributed by atoms with E-state index < -0.39 is 0 Å². The first-order chi connectivity index (χ1) is 8.25. The lowest BCUT2D eigenvalue weighted by Gasteiger charge is -2.06. The molecule has 0 saturated heterocycles. The average molecular weight is 248 g/mol. The highest BCUT2D eigenvalue weighted by Crippen LogP contribution is 2.33. The van der Waals surface area contributed by atoms with Crippen molar-refractivity contribution >= 4 is 17.4 Å². The lowest BCUT2D eigenvalue weighted by atomic mass is 10.1. The van der Waals surface area contributed by atoms with Crippen LogP contribution in [-0.2, 0) is 6.42 Å². The van der Waals surface area contributed by atoms with Crippen LogP contribution >= 0.6 is 11.6 Å². The molecule has 0 bridgehead atoms. The van der Waals surface area contributed by atoms with Crippen molar-refractivity contribution in [3.05, 3.63) is 35.1 Å². The van der Waals surface area contributed by atoms with Gasteiger partial charge in [-0.05, 0) is 23.8 Å². The molecule has 2 N–H and O–H groups in total. The van der Waals surface area contributed by atoms with Crippen LogP contribution in [0.4, 0.5) is 5.82 Å². The Hall–Kier alpha value is -1.81. The van der Waals surface area contributed by atoms with Crippen LogP contribution in [0.5, 0.6) is 5.75 Å². The Labute approximate surface area is 103 Å². The molecule has 0 amide bonds. The molecule has 0 unspecified atom stereocenters. The monoisotopic (exact) mass is 247 g/mol. The Balaban J connectivity index is 2.13. The van der Waals surface area contributed by atoms with Crippen molar-refractivity contribution in [2.24, 2.45) is 0 Å². The van der Waals surface area contributed by atoms with Gasteiger partial charge in [0.25, 0.3) is 0 Å². The van der Waals surface area contributed by atoms with Gasteiger partial charge in [0.05, 0.1) is 12.3 Å². The van der Waals surface area contributed by atoms with Gasteiger partial charge in [0, 0.05) is 12.0 Å². The molecular weight excluding hydrogens is 238 g/mol. The fourth-order valence-electron chi connectivity index (χ4n) is 1.92. The van der Waals surface area contributed by atoms with Gasteiger partial charge < -0.3 is 10.5 Å². The first-order valence-electron chi connectivity index (χ1n) is 5.28. The van der Waals surface area contributed by atoms with E-state index in [4.69, 9.17) is 22.1 Å². The maximum Gasteiger partial charge on any atom is 0.146 e. The summed E-state index contributed by atoms with van der Waals surface area (Å²) in [5, 5.41) is 0.395. The Morgan fingerprint density at radius 3 is 3.06 bits per heavy atom. The number of anilines is 1. The molecule has 17 heavy (non-hydrogen) atoms. The van der Waals surface area contributed by atoms with Gasteiger partial charge in [-0.15, -0.1) is 0 Å². The molecule has 1 aliphatic rings. The second-order valence-electron chi connectivity index (χ2n) is 3.84. The van der Waals surface area contributed by atoms with Crippen LogP contribution in [0.2, 0.25) is 5.02 Å². The van der Waals surface area contributed by atoms with Crippen LogP contribution in [-0.4, -0.2) is 16.6 Å². The maximum atomic E-state index is 6.10. The zero-order valence-corrected chi connectivity index (χ0v) is 9.74. The van der Waals surface area contributed by atoms with Crippen LogP contribution in [0.25, 0.3) is 11.3 Å². The van der Waals surface area contributed by atoms with E-state index in [0.717, 1.165) is 24.3 Å². The molecule has 3 rings (SSSR count). The van der Waals surface area contributed by atoms with E-state index in [2.05, 4.69) is 9.97 Å². The highest BCUT2D eigenvalue weighted by molar-refractivity contribution is 6.35. The van der Waals surface area contributed by atoms with Gasteiger partial charge >= 0.3 is 0 Å². The van der Waals surface area contributed by atoms with Crippen molar-refractivity contribution in [3.8, 4) is 17.0 Å². The van der Waals surface area contributed by atoms with Gasteiger partial charge in [-0.3, -0.25) is 0 Å². The van der Waals surface area contributed by atoms with Crippen molar-refractivity contribution < 1.29 is 4.74 Å². The number of nitrogens with zero attached hydrogens (tertiary/aromatic N) is 2. The standard InChI is InChI=1S/C12H10ClN3O/c13-10-11(15-6-16-12(10)14)8-1-2-9-7(5-8)3-4-17-9/h1-2,5-6H,3-4H2,(H2,14,15,16). The number of hydrogen-bond acceptors (Lipinski definition) is 4. The SMILES string of the molecule is Nc1ncnc(-c2ccc3c(c2)CCO3)c1Cl. The quantitative estimate of drug-likeness (QED) is 0.840. The molecule has 1 aromatic heterocycles. The van der Waals surface area contributed by atoms with Crippen molar-refractivity contribution in [2.75, 3.05) is 12.3 Å². The molecule has 4 nitrogen and oxygen atoms in total. The number of hydrogen-bond donors (Lipinski definition) is 1. The summed E-state index contributed by atoms with van der Waals surface area (Å²) in [5.74, 6) is 1.24. The van der Waals surface area contributed by atoms with Gasteiger partial charge in [0.2, 0.25) is 0 Å². The zero-order valence-electron chi connectivity index (χ0n) is 8.98. The molecule has 0 spiro atoms. The van der Waals surface area contributed by atoms with Crippen molar-refractivity contribution in [2.45, 2.75) is 6.42 Å². The van der Waals surface area contributed by atoms with E-state index in [0.29, 0.717) is 16.5 Å². The molecule has 0 atom stereocenters. The summed E-state index contributed by atoms with van der Waals surface area (Å²) in [6.07, 6.45) is 2.33. The van der Waals surface area contributed by atoms with E-state index in [9.17, 15) is 0 Å². The number of nitrogens with two attached hydrogens (primary N) is 1. The predicted octanol–water partition coefficient (Wildman–Crippen LogP) is 2.31. The van der Waals surface area contributed by atoms with Gasteiger partial charge in [-0.1, -0.05) is 11.6 Å². The summed E-state index contributed by atoms with van der Waals surface area (Å²) in [6.45, 7) is 0.735. The number of ether oxygens (including phenoxy) is 1. The minimum absolute atomic E-state index is 0.299. The molecule has 2 aromatic rings. The summed E-state index contributed by atoms with van der Waals surface area (Å²) >= 11 is 6.10. The highest BCUT2D eigenvalue weighted by atomic mass is 35.5. The summed E-state index contributed by atoms with van der Waals surface area (Å²) in [6, 6.07) is 5.90. The van der Waals surface area contributed by atoms with Crippen LogP contribution < -0.4 is 10.5 Å². The predicted molar refractivity (Wildman–Crippen MR) is 66.1 cm³/mol. The fraction of sp³-hybridized carbons (Fsp3) is 0.167. The van der Waals surface area contributed by atoms with E-state index in [1.165, 1.54) is 11.9 Å². The smallest absolute Gasteiger partial charge is 0.146 e. The zero-order chi connectivity index (χ0) is 11.8. The number of rotatable bonds is 1. The summed E-state index contributed by atoms with van der Waals surface area (Å²) in [5.41, 5.74) is 8.44. The van der Waals surface area contributed by atoms with E-state index in [-0.39, 0.29) is 0 Å². The topological polar surface area (TPSA) is 61.0 Å². The Morgan fingerprint density at radius 1 is 1.29 bits per heavy atom. The molecule has 86 valence electrons. The average Bonchev–Trinajstić information content (AvgIpc) is 2.79. The lowest BCUT2D eigenvalue weighted by Crippen LogP contribution is -1.95. The van der Waals surface area contributed by atoms with Crippen LogP contribution in [0, 0.1) is 0 Å². The summed E-state index contributed by atoms with van der Waals surface area (Å²) < 4.78 is 5.45. The van der Waals surface area contributed by atoms with E-state index >= 15 is 0 Å². The number of fused-ring (bicyclic) bond motifs is 1. The fourth-order valence-corrected chi connectivity index (χ4v) is 2.13. The second-order valence-corrected chi connectivity index (χ2v) is 4.22. The van der Waals surface area contributed by atoms with Crippen LogP contribution in [0.1, 0.15) is 5.56 Å². The largest absolute Gasteiger partial charge is 0.493 e. The van der Waals surface area contributed by atoms with Gasteiger partial charge in [0.15, 0.2) is 0 Å². The minimum atomic E-state index is 0.299. The summed E-state index contributed by atoms with van der Waals surface area (Å²) in [7, 11) is 0. The molecule has 0 saturated carbocycles. The van der Waals surface area contributed by atoms with Crippen molar-refractivity contribution in [3.63, 3.8) is 0 Å². The van der Waals surface area contributed by atoms with Crippen molar-refractivity contribution in [1.82, 2.24) is 9.97 Å². The number of nitrogen functional groups attached to an aromatic ring is 1. The molecular formula is C12H10ClN3O. The molecule has 1 aliphatic heterocycles. The maximum absolute atomic E-state index is 6.10. The Bertz CT molecular complexity index is 586. The number of aromatic nitrogens is 2. The molecule has 0 fully saturated rings. The van der Waals surface area contributed by atoms with Crippen LogP contribution in [0.3, 0.4) is 0 Å². The van der Waals surface area contributed by atoms with Gasteiger partial charge in [-0.2, -0.15) is 0 Å². The lowest BCUT2D eigenvalue weighted by molar-refractivity contribution is 0.357. The second kappa shape index (κ2) is 3.89. The van der Waals surface area contributed by atoms with E-state index in [1.54, 1.807) is 0 Å².